The smallest absolute Gasteiger partial charge is 0.124 e. The highest BCUT2D eigenvalue weighted by Gasteiger charge is 2.28. The summed E-state index contributed by atoms with van der Waals surface area (Å²) in [6, 6.07) is 7.18. The van der Waals surface area contributed by atoms with Gasteiger partial charge in [0.2, 0.25) is 0 Å². The van der Waals surface area contributed by atoms with Crippen molar-refractivity contribution in [3.63, 3.8) is 0 Å². The van der Waals surface area contributed by atoms with E-state index < -0.39 is 0 Å². The monoisotopic (exact) mass is 217 g/mol. The Hall–Kier alpha value is -1.02. The molecule has 0 radical (unpaired) electrons. The zero-order valence-corrected chi connectivity index (χ0v) is 9.91. The van der Waals surface area contributed by atoms with E-state index in [1.165, 1.54) is 37.1 Å². The normalized spacial score (nSPS) is 25.2. The Morgan fingerprint density at radius 3 is 2.88 bits per heavy atom. The second kappa shape index (κ2) is 4.10. The third-order valence-corrected chi connectivity index (χ3v) is 3.75. The maximum absolute atomic E-state index is 5.74. The maximum atomic E-state index is 5.74. The highest BCUT2D eigenvalue weighted by molar-refractivity contribution is 5.40. The molecule has 0 spiro atoms. The molecule has 1 atom stereocenters. The van der Waals surface area contributed by atoms with E-state index in [0.29, 0.717) is 6.04 Å². The van der Waals surface area contributed by atoms with Crippen molar-refractivity contribution < 1.29 is 4.74 Å². The summed E-state index contributed by atoms with van der Waals surface area (Å²) in [6.45, 7) is 5.56. The van der Waals surface area contributed by atoms with Gasteiger partial charge in [-0.2, -0.15) is 0 Å². The van der Waals surface area contributed by atoms with E-state index in [4.69, 9.17) is 4.74 Å². The van der Waals surface area contributed by atoms with Crippen LogP contribution in [0.2, 0.25) is 0 Å². The van der Waals surface area contributed by atoms with Gasteiger partial charge in [-0.3, -0.25) is 4.90 Å². The number of benzene rings is 1. The van der Waals surface area contributed by atoms with E-state index in [1.54, 1.807) is 0 Å². The standard InChI is InChI=1S/C14H19NO/c1-11-4-5-14-12(10-11)13(6-9-16-14)15-7-2-3-8-15/h4-5,10,13H,2-3,6-9H2,1H3. The molecule has 1 saturated heterocycles. The predicted octanol–water partition coefficient (Wildman–Crippen LogP) is 2.91. The Bertz CT molecular complexity index is 382. The Morgan fingerprint density at radius 1 is 1.25 bits per heavy atom. The fourth-order valence-corrected chi connectivity index (χ4v) is 2.93. The lowest BCUT2D eigenvalue weighted by Crippen LogP contribution is -2.30. The third kappa shape index (κ3) is 1.71. The molecule has 0 bridgehead atoms. The first-order valence-corrected chi connectivity index (χ1v) is 6.32. The van der Waals surface area contributed by atoms with Crippen molar-refractivity contribution in [2.45, 2.75) is 32.2 Å². The fraction of sp³-hybridized carbons (Fsp3) is 0.571. The Morgan fingerprint density at radius 2 is 2.06 bits per heavy atom. The number of fused-ring (bicyclic) bond motifs is 1. The van der Waals surface area contributed by atoms with Crippen molar-refractivity contribution in [2.75, 3.05) is 19.7 Å². The van der Waals surface area contributed by atoms with Crippen LogP contribution in [0.3, 0.4) is 0 Å². The molecule has 2 aliphatic rings. The van der Waals surface area contributed by atoms with Crippen LogP contribution in [0.1, 0.15) is 36.4 Å². The van der Waals surface area contributed by atoms with Gasteiger partial charge in [-0.1, -0.05) is 17.7 Å². The summed E-state index contributed by atoms with van der Waals surface area (Å²) in [6.07, 6.45) is 3.87. The second-order valence-corrected chi connectivity index (χ2v) is 4.94. The average Bonchev–Trinajstić information content (AvgIpc) is 2.81. The van der Waals surface area contributed by atoms with Crippen molar-refractivity contribution in [3.05, 3.63) is 29.3 Å². The van der Waals surface area contributed by atoms with E-state index in [1.807, 2.05) is 0 Å². The molecule has 0 amide bonds. The van der Waals surface area contributed by atoms with Gasteiger partial charge in [0.25, 0.3) is 0 Å². The topological polar surface area (TPSA) is 12.5 Å². The molecular formula is C14H19NO. The summed E-state index contributed by atoms with van der Waals surface area (Å²) >= 11 is 0. The van der Waals surface area contributed by atoms with Gasteiger partial charge in [-0.05, 0) is 38.9 Å². The van der Waals surface area contributed by atoms with Gasteiger partial charge in [0.1, 0.15) is 5.75 Å². The highest BCUT2D eigenvalue weighted by Crippen LogP contribution is 2.37. The van der Waals surface area contributed by atoms with Gasteiger partial charge >= 0.3 is 0 Å². The Labute approximate surface area is 97.2 Å². The van der Waals surface area contributed by atoms with Crippen molar-refractivity contribution in [1.82, 2.24) is 4.90 Å². The number of rotatable bonds is 1. The van der Waals surface area contributed by atoms with Gasteiger partial charge in [0.05, 0.1) is 6.61 Å². The number of likely N-dealkylation sites (tertiary alicyclic amines) is 1. The van der Waals surface area contributed by atoms with E-state index in [0.717, 1.165) is 18.8 Å². The molecule has 2 heterocycles. The van der Waals surface area contributed by atoms with E-state index >= 15 is 0 Å². The molecule has 0 aromatic heterocycles. The summed E-state index contributed by atoms with van der Waals surface area (Å²) in [5, 5.41) is 0. The molecule has 3 rings (SSSR count). The number of nitrogens with zero attached hydrogens (tertiary/aromatic N) is 1. The molecule has 2 heteroatoms. The predicted molar refractivity (Wildman–Crippen MR) is 64.8 cm³/mol. The maximum Gasteiger partial charge on any atom is 0.124 e. The van der Waals surface area contributed by atoms with Crippen molar-refractivity contribution in [2.24, 2.45) is 0 Å². The summed E-state index contributed by atoms with van der Waals surface area (Å²) in [5.74, 6) is 1.11. The lowest BCUT2D eigenvalue weighted by Gasteiger charge is -2.33. The average molecular weight is 217 g/mol. The van der Waals surface area contributed by atoms with Crippen molar-refractivity contribution in [1.29, 1.82) is 0 Å². The third-order valence-electron chi connectivity index (χ3n) is 3.75. The number of ether oxygens (including phenoxy) is 1. The lowest BCUT2D eigenvalue weighted by atomic mass is 9.97. The molecular weight excluding hydrogens is 198 g/mol. The molecule has 1 aromatic carbocycles. The SMILES string of the molecule is Cc1ccc2c(c1)C(N1CCCC1)CCO2. The fourth-order valence-electron chi connectivity index (χ4n) is 2.93. The second-order valence-electron chi connectivity index (χ2n) is 4.94. The zero-order valence-electron chi connectivity index (χ0n) is 9.91. The number of hydrogen-bond acceptors (Lipinski definition) is 2. The van der Waals surface area contributed by atoms with Crippen LogP contribution < -0.4 is 4.74 Å². The summed E-state index contributed by atoms with van der Waals surface area (Å²) in [5.41, 5.74) is 2.75. The van der Waals surface area contributed by atoms with Crippen LogP contribution in [0, 0.1) is 6.92 Å². The van der Waals surface area contributed by atoms with Crippen LogP contribution in [-0.4, -0.2) is 24.6 Å². The van der Waals surface area contributed by atoms with E-state index in [9.17, 15) is 0 Å². The molecule has 86 valence electrons. The Kier molecular flexibility index (Phi) is 2.60. The van der Waals surface area contributed by atoms with Gasteiger partial charge in [-0.15, -0.1) is 0 Å². The van der Waals surface area contributed by atoms with Crippen molar-refractivity contribution >= 4 is 0 Å². The van der Waals surface area contributed by atoms with E-state index in [-0.39, 0.29) is 0 Å². The Balaban J connectivity index is 1.94. The first-order valence-electron chi connectivity index (χ1n) is 6.32. The summed E-state index contributed by atoms with van der Waals surface area (Å²) in [4.78, 5) is 2.63. The van der Waals surface area contributed by atoms with Gasteiger partial charge < -0.3 is 4.74 Å². The minimum atomic E-state index is 0.603. The quantitative estimate of drug-likeness (QED) is 0.717. The molecule has 1 unspecified atom stereocenters. The first-order chi connectivity index (χ1) is 7.84. The van der Waals surface area contributed by atoms with Crippen LogP contribution in [0.15, 0.2) is 18.2 Å². The first kappa shape index (κ1) is 10.2. The highest BCUT2D eigenvalue weighted by atomic mass is 16.5. The molecule has 0 saturated carbocycles. The van der Waals surface area contributed by atoms with Gasteiger partial charge in [0, 0.05) is 18.0 Å². The van der Waals surface area contributed by atoms with Crippen LogP contribution in [-0.2, 0) is 0 Å². The molecule has 1 fully saturated rings. The molecule has 0 aliphatic carbocycles. The van der Waals surface area contributed by atoms with Crippen LogP contribution in [0.5, 0.6) is 5.75 Å². The molecule has 2 nitrogen and oxygen atoms in total. The molecule has 2 aliphatic heterocycles. The summed E-state index contributed by atoms with van der Waals surface area (Å²) < 4.78 is 5.74. The summed E-state index contributed by atoms with van der Waals surface area (Å²) in [7, 11) is 0. The van der Waals surface area contributed by atoms with Gasteiger partial charge in [0.15, 0.2) is 0 Å². The van der Waals surface area contributed by atoms with Crippen LogP contribution in [0.4, 0.5) is 0 Å². The lowest BCUT2D eigenvalue weighted by molar-refractivity contribution is 0.165. The van der Waals surface area contributed by atoms with E-state index in [2.05, 4.69) is 30.0 Å². The largest absolute Gasteiger partial charge is 0.493 e. The van der Waals surface area contributed by atoms with Crippen LogP contribution in [0.25, 0.3) is 0 Å². The zero-order chi connectivity index (χ0) is 11.0. The molecule has 0 N–H and O–H groups in total. The van der Waals surface area contributed by atoms with Crippen LogP contribution >= 0.6 is 0 Å². The van der Waals surface area contributed by atoms with Crippen molar-refractivity contribution in [3.8, 4) is 5.75 Å². The molecule has 16 heavy (non-hydrogen) atoms. The molecule has 1 aromatic rings. The number of hydrogen-bond donors (Lipinski definition) is 0. The minimum Gasteiger partial charge on any atom is -0.493 e. The minimum absolute atomic E-state index is 0.603. The number of aryl methyl sites for hydroxylation is 1. The van der Waals surface area contributed by atoms with Gasteiger partial charge in [-0.25, -0.2) is 0 Å².